The van der Waals surface area contributed by atoms with Crippen molar-refractivity contribution in [2.75, 3.05) is 13.4 Å². The zero-order chi connectivity index (χ0) is 20.6. The van der Waals surface area contributed by atoms with Gasteiger partial charge in [0.2, 0.25) is 0 Å². The van der Waals surface area contributed by atoms with Crippen LogP contribution in [0.25, 0.3) is 22.2 Å². The van der Waals surface area contributed by atoms with E-state index in [1.807, 2.05) is 42.6 Å². The Morgan fingerprint density at radius 3 is 2.52 bits per heavy atom. The summed E-state index contributed by atoms with van der Waals surface area (Å²) in [5.74, 6) is 0. The highest BCUT2D eigenvalue weighted by Crippen LogP contribution is 2.33. The Labute approximate surface area is 171 Å². The molecule has 0 aliphatic carbocycles. The topological polar surface area (TPSA) is 72.0 Å². The van der Waals surface area contributed by atoms with Gasteiger partial charge in [-0.15, -0.1) is 0 Å². The zero-order valence-electron chi connectivity index (χ0n) is 16.1. The van der Waals surface area contributed by atoms with E-state index in [4.69, 9.17) is 12.6 Å². The molecule has 1 unspecified atom stereocenters. The van der Waals surface area contributed by atoms with E-state index in [0.29, 0.717) is 5.46 Å². The largest absolute Gasteiger partial charge is 0.372 e. The second kappa shape index (κ2) is 7.50. The van der Waals surface area contributed by atoms with Crippen LogP contribution in [0.15, 0.2) is 71.9 Å². The maximum Gasteiger partial charge on any atom is 0.175 e. The lowest BCUT2D eigenvalue weighted by Gasteiger charge is -2.16. The van der Waals surface area contributed by atoms with E-state index >= 15 is 0 Å². The fourth-order valence-electron chi connectivity index (χ4n) is 3.42. The third kappa shape index (κ3) is 3.84. The van der Waals surface area contributed by atoms with Crippen LogP contribution in [-0.2, 0) is 14.6 Å². The summed E-state index contributed by atoms with van der Waals surface area (Å²) in [7, 11) is 4.18. The average molecular weight is 402 g/mol. The van der Waals surface area contributed by atoms with Crippen LogP contribution in [0.4, 0.5) is 0 Å². The van der Waals surface area contributed by atoms with Gasteiger partial charge in [0.25, 0.3) is 0 Å². The molecule has 2 aromatic heterocycles. The highest BCUT2D eigenvalue weighted by atomic mass is 32.2. The smallest absolute Gasteiger partial charge is 0.175 e. The Bertz CT molecular complexity index is 1280. The first-order valence-electron chi connectivity index (χ1n) is 9.02. The van der Waals surface area contributed by atoms with Crippen molar-refractivity contribution in [1.82, 2.24) is 9.97 Å². The summed E-state index contributed by atoms with van der Waals surface area (Å²) in [5.41, 5.74) is 4.97. The van der Waals surface area contributed by atoms with Gasteiger partial charge in [-0.1, -0.05) is 41.9 Å². The third-order valence-corrected chi connectivity index (χ3v) is 6.03. The molecule has 4 aromatic rings. The normalized spacial score (nSPS) is 12.9. The second-order valence-electron chi connectivity index (χ2n) is 6.95. The molecule has 1 N–H and O–H groups in total. The summed E-state index contributed by atoms with van der Waals surface area (Å²) < 4.78 is 29.6. The summed E-state index contributed by atoms with van der Waals surface area (Å²) >= 11 is 0. The van der Waals surface area contributed by atoms with E-state index in [1.165, 1.54) is 6.26 Å². The number of aromatic nitrogens is 2. The Balaban J connectivity index is 1.82. The van der Waals surface area contributed by atoms with Gasteiger partial charge in [0.05, 0.1) is 4.90 Å². The van der Waals surface area contributed by atoms with Crippen molar-refractivity contribution in [1.29, 1.82) is 0 Å². The molecule has 1 atom stereocenters. The van der Waals surface area contributed by atoms with Crippen molar-refractivity contribution in [3.05, 3.63) is 78.1 Å². The van der Waals surface area contributed by atoms with Crippen LogP contribution < -0.4 is 5.46 Å². The maximum absolute atomic E-state index is 11.9. The molecule has 2 aromatic carbocycles. The van der Waals surface area contributed by atoms with Crippen molar-refractivity contribution < 1.29 is 13.2 Å². The first kappa shape index (κ1) is 19.4. The summed E-state index contributed by atoms with van der Waals surface area (Å²) in [4.78, 5) is 7.98. The Kier molecular flexibility index (Phi) is 5.02. The molecule has 0 aliphatic rings. The lowest BCUT2D eigenvalue weighted by Crippen LogP contribution is -2.06. The van der Waals surface area contributed by atoms with Gasteiger partial charge >= 0.3 is 0 Å². The SMILES string of the molecule is [B]c1ccc(C(OC)c2c[nH]c3ncc(-c4cccc(S(C)(=O)=O)c4)cc23)cc1. The standard InChI is InChI=1S/C22H19BN2O3S/c1-28-21(14-6-8-17(23)9-7-14)20-13-25-22-19(20)11-16(12-24-22)15-4-3-5-18(10-15)29(2,26)27/h3-13,21H,1-2H3,(H,24,25). The fourth-order valence-corrected chi connectivity index (χ4v) is 4.09. The predicted molar refractivity (Wildman–Crippen MR) is 115 cm³/mol. The fraction of sp³-hybridized carbons (Fsp3) is 0.136. The number of H-pyrrole nitrogens is 1. The number of methoxy groups -OCH3 is 1. The van der Waals surface area contributed by atoms with E-state index in [0.717, 1.165) is 33.3 Å². The molecule has 0 saturated carbocycles. The minimum absolute atomic E-state index is 0.279. The summed E-state index contributed by atoms with van der Waals surface area (Å²) in [5, 5.41) is 0.913. The number of nitrogens with one attached hydrogen (secondary N) is 1. The summed E-state index contributed by atoms with van der Waals surface area (Å²) in [6.07, 6.45) is 4.53. The Morgan fingerprint density at radius 1 is 1.07 bits per heavy atom. The number of rotatable bonds is 5. The van der Waals surface area contributed by atoms with Crippen molar-refractivity contribution in [3.63, 3.8) is 0 Å². The van der Waals surface area contributed by atoms with Crippen molar-refractivity contribution in [2.24, 2.45) is 0 Å². The van der Waals surface area contributed by atoms with Crippen LogP contribution in [0, 0.1) is 0 Å². The van der Waals surface area contributed by atoms with Gasteiger partial charge in [0.1, 0.15) is 19.6 Å². The number of pyridine rings is 1. The number of fused-ring (bicyclic) bond motifs is 1. The van der Waals surface area contributed by atoms with E-state index in [9.17, 15) is 8.42 Å². The quantitative estimate of drug-likeness (QED) is 0.521. The molecule has 0 saturated heterocycles. The van der Waals surface area contributed by atoms with Crippen LogP contribution >= 0.6 is 0 Å². The molecular formula is C22H19BN2O3S. The van der Waals surface area contributed by atoms with Crippen molar-refractivity contribution >= 4 is 34.2 Å². The van der Waals surface area contributed by atoms with E-state index < -0.39 is 9.84 Å². The van der Waals surface area contributed by atoms with E-state index in [1.54, 1.807) is 31.5 Å². The van der Waals surface area contributed by atoms with Crippen LogP contribution in [0.5, 0.6) is 0 Å². The van der Waals surface area contributed by atoms with Crippen LogP contribution in [0.1, 0.15) is 17.2 Å². The van der Waals surface area contributed by atoms with Gasteiger partial charge in [-0.3, -0.25) is 0 Å². The van der Waals surface area contributed by atoms with Crippen LogP contribution in [-0.4, -0.2) is 39.6 Å². The lowest BCUT2D eigenvalue weighted by molar-refractivity contribution is 0.137. The number of sulfone groups is 1. The molecule has 0 amide bonds. The molecule has 0 fully saturated rings. The zero-order valence-corrected chi connectivity index (χ0v) is 16.9. The third-order valence-electron chi connectivity index (χ3n) is 4.92. The minimum atomic E-state index is -3.29. The van der Waals surface area contributed by atoms with Crippen LogP contribution in [0.2, 0.25) is 0 Å². The van der Waals surface area contributed by atoms with Gasteiger partial charge < -0.3 is 9.72 Å². The lowest BCUT2D eigenvalue weighted by atomic mass is 9.92. The number of ether oxygens (including phenoxy) is 1. The molecule has 7 heteroatoms. The molecule has 29 heavy (non-hydrogen) atoms. The number of benzene rings is 2. The van der Waals surface area contributed by atoms with Gasteiger partial charge in [0, 0.05) is 42.3 Å². The summed E-state index contributed by atoms with van der Waals surface area (Å²) in [6.45, 7) is 0. The molecular weight excluding hydrogens is 383 g/mol. The molecule has 4 rings (SSSR count). The number of aromatic amines is 1. The predicted octanol–water partition coefficient (Wildman–Crippen LogP) is 3.16. The molecule has 144 valence electrons. The molecule has 2 heterocycles. The minimum Gasteiger partial charge on any atom is -0.372 e. The van der Waals surface area contributed by atoms with Gasteiger partial charge in [-0.2, -0.15) is 0 Å². The van der Waals surface area contributed by atoms with Crippen molar-refractivity contribution in [2.45, 2.75) is 11.0 Å². The Hall–Kier alpha value is -2.90. The molecule has 0 spiro atoms. The first-order chi connectivity index (χ1) is 13.9. The summed E-state index contributed by atoms with van der Waals surface area (Å²) in [6, 6.07) is 16.4. The highest BCUT2D eigenvalue weighted by molar-refractivity contribution is 7.90. The monoisotopic (exact) mass is 402 g/mol. The molecule has 0 aliphatic heterocycles. The van der Waals surface area contributed by atoms with Gasteiger partial charge in [0.15, 0.2) is 9.84 Å². The van der Waals surface area contributed by atoms with E-state index in [-0.39, 0.29) is 11.0 Å². The Morgan fingerprint density at radius 2 is 1.83 bits per heavy atom. The number of hydrogen-bond donors (Lipinski definition) is 1. The highest BCUT2D eigenvalue weighted by Gasteiger charge is 2.19. The van der Waals surface area contributed by atoms with Gasteiger partial charge in [-0.05, 0) is 29.3 Å². The van der Waals surface area contributed by atoms with Crippen molar-refractivity contribution in [3.8, 4) is 11.1 Å². The molecule has 2 radical (unpaired) electrons. The van der Waals surface area contributed by atoms with E-state index in [2.05, 4.69) is 9.97 Å². The molecule has 0 bridgehead atoms. The number of nitrogens with zero attached hydrogens (tertiary/aromatic N) is 1. The first-order valence-corrected chi connectivity index (χ1v) is 10.9. The molecule has 5 nitrogen and oxygen atoms in total. The average Bonchev–Trinajstić information content (AvgIpc) is 3.12. The second-order valence-corrected chi connectivity index (χ2v) is 8.96. The maximum atomic E-state index is 11.9. The number of hydrogen-bond acceptors (Lipinski definition) is 4. The van der Waals surface area contributed by atoms with Gasteiger partial charge in [-0.25, -0.2) is 13.4 Å². The van der Waals surface area contributed by atoms with Crippen LogP contribution in [0.3, 0.4) is 0 Å².